The molecule has 2 aromatic carbocycles. The van der Waals surface area contributed by atoms with Crippen LogP contribution in [-0.2, 0) is 20.6 Å². The summed E-state index contributed by atoms with van der Waals surface area (Å²) in [4.78, 5) is 24.0. The second-order valence-electron chi connectivity index (χ2n) is 10.6. The van der Waals surface area contributed by atoms with Crippen molar-refractivity contribution in [3.63, 3.8) is 0 Å². The second kappa shape index (κ2) is 14.0. The summed E-state index contributed by atoms with van der Waals surface area (Å²) in [7, 11) is 3.47. The number of anilines is 2. The molecule has 3 aromatic rings. The van der Waals surface area contributed by atoms with E-state index >= 15 is 0 Å². The summed E-state index contributed by atoms with van der Waals surface area (Å²) in [5.41, 5.74) is 5.19. The number of carbonyl (C=O) groups is 1. The van der Waals surface area contributed by atoms with Gasteiger partial charge in [0.25, 0.3) is 9.40 Å². The zero-order chi connectivity index (χ0) is 27.3. The maximum absolute atomic E-state index is 12.5. The van der Waals surface area contributed by atoms with Gasteiger partial charge in [0.05, 0.1) is 13.2 Å². The first-order valence-electron chi connectivity index (χ1n) is 13.4. The van der Waals surface area contributed by atoms with Crippen LogP contribution in [0.5, 0.6) is 0 Å². The number of fused-ring (bicyclic) bond motifs is 2. The summed E-state index contributed by atoms with van der Waals surface area (Å²) in [6, 6.07) is 11.0. The molecule has 1 aromatic heterocycles. The third-order valence-corrected chi connectivity index (χ3v) is 7.79. The molecule has 214 valence electrons. The van der Waals surface area contributed by atoms with Gasteiger partial charge in [-0.1, -0.05) is 6.92 Å². The van der Waals surface area contributed by atoms with Crippen LogP contribution < -0.4 is 33.8 Å². The minimum Gasteiger partial charge on any atom is -1.00 e. The summed E-state index contributed by atoms with van der Waals surface area (Å²) in [5, 5.41) is 0. The van der Waals surface area contributed by atoms with Crippen molar-refractivity contribution >= 4 is 49.2 Å². The van der Waals surface area contributed by atoms with Crippen LogP contribution in [0.2, 0.25) is 0 Å². The number of amides is 1. The zero-order valence-electron chi connectivity index (χ0n) is 24.0. The molecule has 1 aliphatic heterocycles. The fraction of sp³-hybridized carbons (Fsp3) is 0.552. The molecular weight excluding hydrogens is 627 g/mol. The largest absolute Gasteiger partial charge is 1.00 e. The highest BCUT2D eigenvalue weighted by atomic mass is 127. The maximum atomic E-state index is 12.5. The highest BCUT2D eigenvalue weighted by Crippen LogP contribution is 2.34. The molecule has 39 heavy (non-hydrogen) atoms. The van der Waals surface area contributed by atoms with Crippen LogP contribution in [0.1, 0.15) is 33.3 Å². The first-order chi connectivity index (χ1) is 18.2. The zero-order valence-corrected chi connectivity index (χ0v) is 26.9. The molecule has 1 aliphatic rings. The fourth-order valence-electron chi connectivity index (χ4n) is 4.67. The van der Waals surface area contributed by atoms with Crippen LogP contribution in [0.25, 0.3) is 20.4 Å². The molecule has 0 N–H and O–H groups in total. The SMILES string of the molecule is CCc1cc(N(CCOC)CCOC)cc2[s+]c3cc(N4CCN(C(=O)OC(C)(C)C)CC4)ccc3nc12.[I-]. The van der Waals surface area contributed by atoms with Gasteiger partial charge in [-0.2, -0.15) is 0 Å². The van der Waals surface area contributed by atoms with Crippen molar-refractivity contribution in [2.24, 2.45) is 0 Å². The average molecular weight is 669 g/mol. The highest BCUT2D eigenvalue weighted by Gasteiger charge is 2.27. The van der Waals surface area contributed by atoms with E-state index in [0.29, 0.717) is 26.3 Å². The molecule has 1 saturated heterocycles. The number of methoxy groups -OCH3 is 2. The Morgan fingerprint density at radius 3 is 2.26 bits per heavy atom. The Bertz CT molecular complexity index is 1250. The molecule has 1 amide bonds. The van der Waals surface area contributed by atoms with E-state index in [0.717, 1.165) is 54.0 Å². The number of aromatic nitrogens is 1. The van der Waals surface area contributed by atoms with Crippen molar-refractivity contribution in [3.05, 3.63) is 35.9 Å². The Labute approximate surface area is 253 Å². The molecule has 2 heterocycles. The predicted octanol–water partition coefficient (Wildman–Crippen LogP) is 2.45. The number of piperazine rings is 1. The molecule has 8 nitrogen and oxygen atoms in total. The number of hydrogen-bond donors (Lipinski definition) is 0. The minimum atomic E-state index is -0.480. The van der Waals surface area contributed by atoms with Crippen LogP contribution in [0.3, 0.4) is 0 Å². The first kappa shape index (κ1) is 31.5. The number of halogens is 1. The number of hydrogen-bond acceptors (Lipinski definition) is 7. The number of ether oxygens (including phenoxy) is 3. The van der Waals surface area contributed by atoms with Gasteiger partial charge >= 0.3 is 6.09 Å². The lowest BCUT2D eigenvalue weighted by Gasteiger charge is -2.36. The van der Waals surface area contributed by atoms with Gasteiger partial charge < -0.3 is 52.9 Å². The van der Waals surface area contributed by atoms with Crippen LogP contribution in [0, 0.1) is 0 Å². The molecule has 10 heteroatoms. The van der Waals surface area contributed by atoms with Gasteiger partial charge in [-0.3, -0.25) is 0 Å². The van der Waals surface area contributed by atoms with Gasteiger partial charge in [0.2, 0.25) is 11.3 Å². The number of rotatable bonds is 9. The van der Waals surface area contributed by atoms with E-state index in [-0.39, 0.29) is 30.1 Å². The van der Waals surface area contributed by atoms with Gasteiger partial charge in [-0.25, -0.2) is 9.78 Å². The number of aryl methyl sites for hydroxylation is 1. The van der Waals surface area contributed by atoms with Gasteiger partial charge in [-0.15, -0.1) is 0 Å². The second-order valence-corrected chi connectivity index (χ2v) is 11.7. The molecule has 1 fully saturated rings. The van der Waals surface area contributed by atoms with Gasteiger partial charge in [-0.05, 0) is 51.0 Å². The summed E-state index contributed by atoms with van der Waals surface area (Å²) < 4.78 is 18.6. The molecule has 0 saturated carbocycles. The smallest absolute Gasteiger partial charge is 0.410 e. The third kappa shape index (κ3) is 8.02. The molecule has 0 atom stereocenters. The lowest BCUT2D eigenvalue weighted by molar-refractivity contribution is -0.0000517. The monoisotopic (exact) mass is 668 g/mol. The van der Waals surface area contributed by atoms with Crippen LogP contribution in [-0.4, -0.2) is 88.3 Å². The van der Waals surface area contributed by atoms with Crippen molar-refractivity contribution < 1.29 is 43.0 Å². The molecule has 0 radical (unpaired) electrons. The van der Waals surface area contributed by atoms with E-state index in [9.17, 15) is 4.79 Å². The van der Waals surface area contributed by atoms with E-state index in [1.807, 2.05) is 20.8 Å². The van der Waals surface area contributed by atoms with Crippen molar-refractivity contribution in [1.82, 2.24) is 9.88 Å². The van der Waals surface area contributed by atoms with Crippen molar-refractivity contribution in [2.45, 2.75) is 39.7 Å². The maximum Gasteiger partial charge on any atom is 0.410 e. The van der Waals surface area contributed by atoms with E-state index in [4.69, 9.17) is 19.2 Å². The topological polar surface area (TPSA) is 67.4 Å². The lowest BCUT2D eigenvalue weighted by atomic mass is 10.1. The Kier molecular flexibility index (Phi) is 11.3. The molecule has 0 unspecified atom stereocenters. The van der Waals surface area contributed by atoms with Gasteiger partial charge in [0.15, 0.2) is 0 Å². The van der Waals surface area contributed by atoms with E-state index in [1.54, 1.807) is 30.5 Å². The summed E-state index contributed by atoms with van der Waals surface area (Å²) in [6.45, 7) is 13.7. The van der Waals surface area contributed by atoms with Crippen molar-refractivity contribution in [2.75, 3.05) is 76.5 Å². The standard InChI is InChI=1S/C29H41N4O4S.HI/c1-7-21-18-23(32(14-16-35-5)15-17-36-6)20-26-27(21)30-24-9-8-22(19-25(24)38-26)31-10-12-33(13-11-31)28(34)37-29(2,3)4;/h8-9,18-20H,7,10-17H2,1-6H3;1H/q+1;/p-1. The van der Waals surface area contributed by atoms with Gasteiger partial charge in [0.1, 0.15) is 16.6 Å². The Hall–Kier alpha value is -2.02. The first-order valence-corrected chi connectivity index (χ1v) is 14.2. The van der Waals surface area contributed by atoms with Crippen LogP contribution in [0.15, 0.2) is 30.3 Å². The van der Waals surface area contributed by atoms with Crippen LogP contribution in [0.4, 0.5) is 16.2 Å². The molecule has 0 spiro atoms. The van der Waals surface area contributed by atoms with Crippen LogP contribution >= 0.6 is 11.3 Å². The molecule has 0 aliphatic carbocycles. The normalized spacial score (nSPS) is 14.0. The summed E-state index contributed by atoms with van der Waals surface area (Å²) in [6.07, 6.45) is 0.680. The molecule has 4 rings (SSSR count). The van der Waals surface area contributed by atoms with E-state index < -0.39 is 5.60 Å². The number of benzene rings is 2. The minimum absolute atomic E-state index is 0. The van der Waals surface area contributed by atoms with Crippen molar-refractivity contribution in [3.8, 4) is 0 Å². The fourth-order valence-corrected chi connectivity index (χ4v) is 5.75. The summed E-state index contributed by atoms with van der Waals surface area (Å²) in [5.74, 6) is 0. The average Bonchev–Trinajstić information content (AvgIpc) is 2.90. The number of nitrogens with zero attached hydrogens (tertiary/aromatic N) is 4. The number of carbonyl (C=O) groups excluding carboxylic acids is 1. The van der Waals surface area contributed by atoms with Gasteiger partial charge in [0, 0.05) is 77.0 Å². The lowest BCUT2D eigenvalue weighted by Crippen LogP contribution is -3.00. The van der Waals surface area contributed by atoms with E-state index in [1.165, 1.54) is 16.0 Å². The quantitative estimate of drug-likeness (QED) is 0.197. The Balaban J connectivity index is 0.00000420. The molecule has 0 bridgehead atoms. The Morgan fingerprint density at radius 2 is 1.67 bits per heavy atom. The molecular formula is C29H41IN4O4S. The van der Waals surface area contributed by atoms with E-state index in [2.05, 4.69) is 47.1 Å². The highest BCUT2D eigenvalue weighted by molar-refractivity contribution is 7.24. The predicted molar refractivity (Wildman–Crippen MR) is 157 cm³/mol. The Morgan fingerprint density at radius 1 is 1.00 bits per heavy atom. The third-order valence-electron chi connectivity index (χ3n) is 6.71. The summed E-state index contributed by atoms with van der Waals surface area (Å²) >= 11 is 1.79. The van der Waals surface area contributed by atoms with Crippen molar-refractivity contribution in [1.29, 1.82) is 0 Å².